The summed E-state index contributed by atoms with van der Waals surface area (Å²) in [5, 5.41) is 5.87. The van der Waals surface area contributed by atoms with E-state index in [0.29, 0.717) is 13.1 Å². The van der Waals surface area contributed by atoms with Crippen molar-refractivity contribution in [3.05, 3.63) is 52.6 Å². The van der Waals surface area contributed by atoms with E-state index in [2.05, 4.69) is 15.6 Å². The molecule has 1 saturated heterocycles. The number of hydrogen-bond donors (Lipinski definition) is 3. The summed E-state index contributed by atoms with van der Waals surface area (Å²) >= 11 is 0. The molecule has 1 aliphatic heterocycles. The Hall–Kier alpha value is -2.71. The summed E-state index contributed by atoms with van der Waals surface area (Å²) in [6, 6.07) is 9.09. The number of aromatic nitrogens is 2. The fourth-order valence-electron chi connectivity index (χ4n) is 2.89. The lowest BCUT2D eigenvalue weighted by Gasteiger charge is -2.27. The molecule has 2 amide bonds. The number of benzene rings is 1. The zero-order chi connectivity index (χ0) is 18.5. The number of nitrogens with one attached hydrogen (secondary N) is 2. The Kier molecular flexibility index (Phi) is 5.65. The Morgan fingerprint density at radius 3 is 2.58 bits per heavy atom. The minimum absolute atomic E-state index is 0.0869. The van der Waals surface area contributed by atoms with Gasteiger partial charge in [-0.3, -0.25) is 9.88 Å². The van der Waals surface area contributed by atoms with Gasteiger partial charge in [-0.15, -0.1) is 0 Å². The summed E-state index contributed by atoms with van der Waals surface area (Å²) in [6.45, 7) is 4.76. The monoisotopic (exact) mass is 356 g/mol. The standard InChI is InChI=1S/C18H24N6O2/c1-13(19)12-14-2-4-15(5-3-14)24-9-6-16(22-18(24)26)21-17(25)23-10-7-20-8-11-23/h2-6,9,13,20H,7-8,10-12,19H2,1H3,(H,21,22,25,26). The number of hydrogen-bond acceptors (Lipinski definition) is 5. The van der Waals surface area contributed by atoms with Gasteiger partial charge in [-0.2, -0.15) is 4.98 Å². The average molecular weight is 356 g/mol. The van der Waals surface area contributed by atoms with Crippen molar-refractivity contribution in [3.63, 3.8) is 0 Å². The Morgan fingerprint density at radius 1 is 1.27 bits per heavy atom. The minimum Gasteiger partial charge on any atom is -0.328 e. The molecular formula is C18H24N6O2. The molecule has 0 aliphatic carbocycles. The van der Waals surface area contributed by atoms with Crippen LogP contribution >= 0.6 is 0 Å². The zero-order valence-electron chi connectivity index (χ0n) is 14.8. The first-order valence-electron chi connectivity index (χ1n) is 8.74. The van der Waals surface area contributed by atoms with Gasteiger partial charge in [-0.25, -0.2) is 9.59 Å². The molecular weight excluding hydrogens is 332 g/mol. The smallest absolute Gasteiger partial charge is 0.328 e. The predicted octanol–water partition coefficient (Wildman–Crippen LogP) is 0.559. The van der Waals surface area contributed by atoms with E-state index in [0.717, 1.165) is 30.8 Å². The highest BCUT2D eigenvalue weighted by Gasteiger charge is 2.16. The molecule has 1 aromatic carbocycles. The summed E-state index contributed by atoms with van der Waals surface area (Å²) in [4.78, 5) is 30.2. The SMILES string of the molecule is CC(N)Cc1ccc(-n2ccc(NC(=O)N3CCNCC3)nc2=O)cc1. The maximum Gasteiger partial charge on any atom is 0.354 e. The van der Waals surface area contributed by atoms with Crippen LogP contribution in [-0.2, 0) is 6.42 Å². The van der Waals surface area contributed by atoms with Gasteiger partial charge in [0.25, 0.3) is 0 Å². The summed E-state index contributed by atoms with van der Waals surface area (Å²) < 4.78 is 1.44. The van der Waals surface area contributed by atoms with Gasteiger partial charge in [0.05, 0.1) is 5.69 Å². The van der Waals surface area contributed by atoms with Crippen LogP contribution in [0.25, 0.3) is 5.69 Å². The van der Waals surface area contributed by atoms with E-state index < -0.39 is 5.69 Å². The highest BCUT2D eigenvalue weighted by molar-refractivity contribution is 5.88. The quantitative estimate of drug-likeness (QED) is 0.742. The van der Waals surface area contributed by atoms with Gasteiger partial charge in [0.1, 0.15) is 5.82 Å². The van der Waals surface area contributed by atoms with Crippen LogP contribution in [0.1, 0.15) is 12.5 Å². The first kappa shape index (κ1) is 18.1. The van der Waals surface area contributed by atoms with Crippen molar-refractivity contribution in [2.75, 3.05) is 31.5 Å². The molecule has 0 bridgehead atoms. The number of nitrogens with two attached hydrogens (primary N) is 1. The Morgan fingerprint density at radius 2 is 1.96 bits per heavy atom. The van der Waals surface area contributed by atoms with E-state index in [1.54, 1.807) is 17.2 Å². The molecule has 8 heteroatoms. The lowest BCUT2D eigenvalue weighted by atomic mass is 10.1. The summed E-state index contributed by atoms with van der Waals surface area (Å²) in [7, 11) is 0. The molecule has 0 radical (unpaired) electrons. The molecule has 1 aliphatic rings. The zero-order valence-corrected chi connectivity index (χ0v) is 14.8. The average Bonchev–Trinajstić information content (AvgIpc) is 2.63. The third-order valence-corrected chi connectivity index (χ3v) is 4.22. The van der Waals surface area contributed by atoms with Crippen molar-refractivity contribution >= 4 is 11.8 Å². The summed E-state index contributed by atoms with van der Waals surface area (Å²) in [5.41, 5.74) is 7.19. The molecule has 4 N–H and O–H groups in total. The number of nitrogens with zero attached hydrogens (tertiary/aromatic N) is 3. The predicted molar refractivity (Wildman–Crippen MR) is 101 cm³/mol. The van der Waals surface area contributed by atoms with E-state index in [9.17, 15) is 9.59 Å². The minimum atomic E-state index is -0.442. The van der Waals surface area contributed by atoms with Crippen molar-refractivity contribution in [2.45, 2.75) is 19.4 Å². The molecule has 0 saturated carbocycles. The topological polar surface area (TPSA) is 105 Å². The molecule has 8 nitrogen and oxygen atoms in total. The van der Waals surface area contributed by atoms with Gasteiger partial charge in [0.15, 0.2) is 0 Å². The fourth-order valence-corrected chi connectivity index (χ4v) is 2.89. The van der Waals surface area contributed by atoms with Crippen molar-refractivity contribution in [2.24, 2.45) is 5.73 Å². The van der Waals surface area contributed by atoms with Crippen LogP contribution in [0.3, 0.4) is 0 Å². The number of carbonyl (C=O) groups is 1. The van der Waals surface area contributed by atoms with Crippen molar-refractivity contribution in [1.82, 2.24) is 19.8 Å². The van der Waals surface area contributed by atoms with E-state index in [-0.39, 0.29) is 17.9 Å². The van der Waals surface area contributed by atoms with Gasteiger partial charge in [-0.1, -0.05) is 12.1 Å². The van der Waals surface area contributed by atoms with E-state index in [4.69, 9.17) is 5.73 Å². The number of urea groups is 1. The third-order valence-electron chi connectivity index (χ3n) is 4.22. The van der Waals surface area contributed by atoms with Crippen LogP contribution < -0.4 is 22.1 Å². The van der Waals surface area contributed by atoms with Gasteiger partial charge in [0, 0.05) is 38.4 Å². The first-order chi connectivity index (χ1) is 12.5. The molecule has 138 valence electrons. The highest BCUT2D eigenvalue weighted by Crippen LogP contribution is 2.10. The van der Waals surface area contributed by atoms with Gasteiger partial charge in [-0.05, 0) is 37.1 Å². The third kappa shape index (κ3) is 4.47. The van der Waals surface area contributed by atoms with Crippen LogP contribution in [0.2, 0.25) is 0 Å². The van der Waals surface area contributed by atoms with E-state index in [1.807, 2.05) is 31.2 Å². The molecule has 1 fully saturated rings. The van der Waals surface area contributed by atoms with Gasteiger partial charge in [0.2, 0.25) is 0 Å². The number of piperazine rings is 1. The number of carbonyl (C=O) groups excluding carboxylic acids is 1. The molecule has 26 heavy (non-hydrogen) atoms. The highest BCUT2D eigenvalue weighted by atomic mass is 16.2. The van der Waals surface area contributed by atoms with Crippen molar-refractivity contribution in [1.29, 1.82) is 0 Å². The second-order valence-corrected chi connectivity index (χ2v) is 6.48. The normalized spacial score (nSPS) is 15.5. The van der Waals surface area contributed by atoms with Crippen LogP contribution in [0.4, 0.5) is 10.6 Å². The molecule has 2 heterocycles. The maximum atomic E-state index is 12.3. The van der Waals surface area contributed by atoms with Crippen LogP contribution in [0.5, 0.6) is 0 Å². The Labute approximate surface area is 152 Å². The van der Waals surface area contributed by atoms with E-state index >= 15 is 0 Å². The first-order valence-corrected chi connectivity index (χ1v) is 8.74. The lowest BCUT2D eigenvalue weighted by molar-refractivity contribution is 0.204. The van der Waals surface area contributed by atoms with E-state index in [1.165, 1.54) is 4.57 Å². The molecule has 2 aromatic rings. The van der Waals surface area contributed by atoms with Crippen LogP contribution in [-0.4, -0.2) is 52.7 Å². The van der Waals surface area contributed by atoms with Crippen LogP contribution in [0.15, 0.2) is 41.3 Å². The summed E-state index contributed by atoms with van der Waals surface area (Å²) in [6.07, 6.45) is 2.40. The molecule has 1 unspecified atom stereocenters. The second kappa shape index (κ2) is 8.11. The molecule has 0 spiro atoms. The lowest BCUT2D eigenvalue weighted by Crippen LogP contribution is -2.48. The maximum absolute atomic E-state index is 12.3. The van der Waals surface area contributed by atoms with Gasteiger partial charge < -0.3 is 16.0 Å². The number of rotatable bonds is 4. The fraction of sp³-hybridized carbons (Fsp3) is 0.389. The van der Waals surface area contributed by atoms with Crippen molar-refractivity contribution in [3.8, 4) is 5.69 Å². The Balaban J connectivity index is 1.71. The van der Waals surface area contributed by atoms with Crippen molar-refractivity contribution < 1.29 is 4.79 Å². The molecule has 1 atom stereocenters. The number of amides is 2. The van der Waals surface area contributed by atoms with Gasteiger partial charge >= 0.3 is 11.7 Å². The largest absolute Gasteiger partial charge is 0.354 e. The van der Waals surface area contributed by atoms with Crippen LogP contribution in [0, 0.1) is 0 Å². The molecule has 1 aromatic heterocycles. The molecule has 3 rings (SSSR count). The second-order valence-electron chi connectivity index (χ2n) is 6.48. The number of anilines is 1. The summed E-state index contributed by atoms with van der Waals surface area (Å²) in [5.74, 6) is 0.253. The Bertz CT molecular complexity index is 809.